The lowest BCUT2D eigenvalue weighted by molar-refractivity contribution is 0.102. The largest absolute Gasteiger partial charge is 0.494 e. The fourth-order valence-corrected chi connectivity index (χ4v) is 6.16. The van der Waals surface area contributed by atoms with Gasteiger partial charge < -0.3 is 9.84 Å². The number of carbonyl (C=O) groups is 1. The van der Waals surface area contributed by atoms with Crippen molar-refractivity contribution in [3.8, 4) is 16.9 Å². The Morgan fingerprint density at radius 1 is 1.24 bits per heavy atom. The summed E-state index contributed by atoms with van der Waals surface area (Å²) in [4.78, 5) is 21.3. The van der Waals surface area contributed by atoms with Crippen LogP contribution in [0, 0.1) is 0 Å². The molecule has 3 aromatic heterocycles. The second-order valence-corrected chi connectivity index (χ2v) is 10.3. The molecule has 0 spiro atoms. The Morgan fingerprint density at radius 2 is 2.09 bits per heavy atom. The summed E-state index contributed by atoms with van der Waals surface area (Å²) in [7, 11) is 1.52. The maximum Gasteiger partial charge on any atom is 0.258 e. The van der Waals surface area contributed by atoms with Crippen LogP contribution in [-0.4, -0.2) is 43.5 Å². The molecule has 8 nitrogen and oxygen atoms in total. The number of benzene rings is 1. The number of amides is 1. The summed E-state index contributed by atoms with van der Waals surface area (Å²) in [6.45, 7) is 0. The average Bonchev–Trinajstić information content (AvgIpc) is 3.43. The molecule has 1 amide bonds. The summed E-state index contributed by atoms with van der Waals surface area (Å²) in [5.41, 5.74) is 3.62. The summed E-state index contributed by atoms with van der Waals surface area (Å²) >= 11 is 8.80. The molecule has 0 saturated heterocycles. The average molecular weight is 512 g/mol. The van der Waals surface area contributed by atoms with E-state index in [1.165, 1.54) is 42.6 Å². The van der Waals surface area contributed by atoms with Crippen LogP contribution in [0.2, 0.25) is 5.15 Å². The maximum absolute atomic E-state index is 13.1. The third kappa shape index (κ3) is 4.49. The van der Waals surface area contributed by atoms with Gasteiger partial charge in [0.15, 0.2) is 4.34 Å². The Labute approximate surface area is 208 Å². The van der Waals surface area contributed by atoms with E-state index in [1.54, 1.807) is 18.3 Å². The molecule has 5 rings (SSSR count). The van der Waals surface area contributed by atoms with E-state index in [1.807, 2.05) is 24.3 Å². The summed E-state index contributed by atoms with van der Waals surface area (Å²) in [5, 5.41) is 22.3. The lowest BCUT2D eigenvalue weighted by Gasteiger charge is -2.12. The second kappa shape index (κ2) is 9.67. The number of anilines is 1. The predicted octanol–water partition coefficient (Wildman–Crippen LogP) is 4.66. The molecule has 0 saturated carbocycles. The predicted molar refractivity (Wildman–Crippen MR) is 132 cm³/mol. The highest BCUT2D eigenvalue weighted by molar-refractivity contribution is 8.01. The van der Waals surface area contributed by atoms with Crippen LogP contribution < -0.4 is 10.1 Å². The first-order valence-electron chi connectivity index (χ1n) is 10.2. The third-order valence-corrected chi connectivity index (χ3v) is 7.83. The molecule has 0 bridgehead atoms. The van der Waals surface area contributed by atoms with Crippen LogP contribution in [0.4, 0.5) is 5.13 Å². The Hall–Kier alpha value is -3.05. The number of ether oxygens (including phenoxy) is 1. The number of nitrogens with one attached hydrogen (secondary N) is 1. The van der Waals surface area contributed by atoms with Gasteiger partial charge in [0, 0.05) is 28.8 Å². The van der Waals surface area contributed by atoms with Gasteiger partial charge in [0.1, 0.15) is 10.9 Å². The van der Waals surface area contributed by atoms with Gasteiger partial charge in [-0.2, -0.15) is 0 Å². The van der Waals surface area contributed by atoms with Crippen molar-refractivity contribution in [1.29, 1.82) is 0 Å². The first-order valence-corrected chi connectivity index (χ1v) is 12.3. The standard InChI is InChI=1S/C23H18ClN5O3S2/c1-32-17-11-26-19(24)9-15(17)16-10-25-7-6-14(16)21(31)27-22-28-29-23(34-22)33-18-8-12-4-2-3-5-13(12)20(18)30/h2-7,9-11,18,20,30H,8H2,1H3,(H,27,28,31)/t18-,20-/m1/s1. The summed E-state index contributed by atoms with van der Waals surface area (Å²) < 4.78 is 6.05. The van der Waals surface area contributed by atoms with Crippen molar-refractivity contribution in [1.82, 2.24) is 20.2 Å². The van der Waals surface area contributed by atoms with Crippen LogP contribution in [0.25, 0.3) is 11.1 Å². The molecule has 0 aliphatic heterocycles. The number of rotatable bonds is 6. The van der Waals surface area contributed by atoms with E-state index in [-0.39, 0.29) is 16.3 Å². The van der Waals surface area contributed by atoms with Crippen molar-refractivity contribution >= 4 is 45.7 Å². The highest BCUT2D eigenvalue weighted by atomic mass is 35.5. The third-order valence-electron chi connectivity index (χ3n) is 5.44. The van der Waals surface area contributed by atoms with Gasteiger partial charge in [-0.15, -0.1) is 10.2 Å². The van der Waals surface area contributed by atoms with Gasteiger partial charge in [0.05, 0.1) is 25.0 Å². The van der Waals surface area contributed by atoms with Gasteiger partial charge in [-0.25, -0.2) is 4.98 Å². The number of hydrogen-bond donors (Lipinski definition) is 2. The number of halogens is 1. The van der Waals surface area contributed by atoms with Crippen molar-refractivity contribution in [2.24, 2.45) is 0 Å². The van der Waals surface area contributed by atoms with E-state index in [0.29, 0.717) is 31.9 Å². The van der Waals surface area contributed by atoms with Gasteiger partial charge in [0.25, 0.3) is 5.91 Å². The van der Waals surface area contributed by atoms with Gasteiger partial charge in [0.2, 0.25) is 5.13 Å². The SMILES string of the molecule is COc1cnc(Cl)cc1-c1cnccc1C(=O)Nc1nnc(S[C@@H]2Cc3ccccc3[C@H]2O)s1. The molecule has 1 aromatic carbocycles. The normalized spacial score (nSPS) is 16.8. The van der Waals surface area contributed by atoms with Gasteiger partial charge in [-0.1, -0.05) is 59.0 Å². The van der Waals surface area contributed by atoms with Crippen molar-refractivity contribution < 1.29 is 14.6 Å². The van der Waals surface area contributed by atoms with Crippen LogP contribution >= 0.6 is 34.7 Å². The summed E-state index contributed by atoms with van der Waals surface area (Å²) in [5.74, 6) is 0.102. The summed E-state index contributed by atoms with van der Waals surface area (Å²) in [6, 6.07) is 11.1. The van der Waals surface area contributed by atoms with Crippen molar-refractivity contribution in [2.75, 3.05) is 12.4 Å². The van der Waals surface area contributed by atoms with Crippen molar-refractivity contribution in [2.45, 2.75) is 22.1 Å². The fourth-order valence-electron chi connectivity index (χ4n) is 3.84. The molecule has 0 radical (unpaired) electrons. The molecule has 34 heavy (non-hydrogen) atoms. The van der Waals surface area contributed by atoms with Gasteiger partial charge >= 0.3 is 0 Å². The smallest absolute Gasteiger partial charge is 0.258 e. The number of hydrogen-bond acceptors (Lipinski definition) is 9. The van der Waals surface area contributed by atoms with Crippen LogP contribution in [0.15, 0.2) is 59.3 Å². The van der Waals surface area contributed by atoms with Crippen LogP contribution in [0.5, 0.6) is 5.75 Å². The quantitative estimate of drug-likeness (QED) is 0.284. The zero-order valence-corrected chi connectivity index (χ0v) is 20.2. The van der Waals surface area contributed by atoms with Gasteiger partial charge in [-0.3, -0.25) is 15.1 Å². The number of fused-ring (bicyclic) bond motifs is 1. The van der Waals surface area contributed by atoms with Crippen LogP contribution in [-0.2, 0) is 6.42 Å². The number of aromatic nitrogens is 4. The molecule has 2 N–H and O–H groups in total. The molecule has 2 atom stereocenters. The van der Waals surface area contributed by atoms with Crippen LogP contribution in [0.1, 0.15) is 27.6 Å². The minimum Gasteiger partial charge on any atom is -0.494 e. The molecule has 11 heteroatoms. The fraction of sp³-hybridized carbons (Fsp3) is 0.174. The molecule has 172 valence electrons. The molecule has 3 heterocycles. The van der Waals surface area contributed by atoms with Crippen molar-refractivity contribution in [3.63, 3.8) is 0 Å². The Kier molecular flexibility index (Phi) is 6.46. The number of nitrogens with zero attached hydrogens (tertiary/aromatic N) is 4. The van der Waals surface area contributed by atoms with Crippen molar-refractivity contribution in [3.05, 3.63) is 76.8 Å². The Morgan fingerprint density at radius 3 is 2.91 bits per heavy atom. The van der Waals surface area contributed by atoms with E-state index >= 15 is 0 Å². The van der Waals surface area contributed by atoms with E-state index in [2.05, 4.69) is 25.5 Å². The zero-order chi connectivity index (χ0) is 23.7. The lowest BCUT2D eigenvalue weighted by Crippen LogP contribution is -2.13. The van der Waals surface area contributed by atoms with E-state index in [4.69, 9.17) is 16.3 Å². The summed E-state index contributed by atoms with van der Waals surface area (Å²) in [6.07, 6.45) is 4.79. The van der Waals surface area contributed by atoms with Gasteiger partial charge in [-0.05, 0) is 29.7 Å². The molecule has 1 aliphatic carbocycles. The maximum atomic E-state index is 13.1. The molecule has 0 unspecified atom stereocenters. The second-order valence-electron chi connectivity index (χ2n) is 7.46. The topological polar surface area (TPSA) is 110 Å². The zero-order valence-electron chi connectivity index (χ0n) is 17.8. The molecular weight excluding hydrogens is 494 g/mol. The molecule has 1 aliphatic rings. The van der Waals surface area contributed by atoms with E-state index < -0.39 is 6.10 Å². The number of thioether (sulfide) groups is 1. The van der Waals surface area contributed by atoms with Crippen LogP contribution in [0.3, 0.4) is 0 Å². The number of methoxy groups -OCH3 is 1. The highest BCUT2D eigenvalue weighted by Gasteiger charge is 2.32. The number of aliphatic hydroxyl groups is 1. The highest BCUT2D eigenvalue weighted by Crippen LogP contribution is 2.42. The number of carbonyl (C=O) groups excluding carboxylic acids is 1. The number of aliphatic hydroxyl groups excluding tert-OH is 1. The first kappa shape index (κ1) is 22.7. The Bertz CT molecular complexity index is 1370. The monoisotopic (exact) mass is 511 g/mol. The number of pyridine rings is 2. The first-order chi connectivity index (χ1) is 16.5. The van der Waals surface area contributed by atoms with E-state index in [9.17, 15) is 9.90 Å². The minimum atomic E-state index is -0.565. The molecular formula is C23H18ClN5O3S2. The molecule has 0 fully saturated rings. The van der Waals surface area contributed by atoms with E-state index in [0.717, 1.165) is 17.5 Å². The Balaban J connectivity index is 1.33. The lowest BCUT2D eigenvalue weighted by atomic mass is 10.0. The molecule has 4 aromatic rings. The minimum absolute atomic E-state index is 0.0513.